The summed E-state index contributed by atoms with van der Waals surface area (Å²) in [6, 6.07) is 2.63. The number of halogens is 3. The molecule has 1 N–H and O–H groups in total. The van der Waals surface area contributed by atoms with Gasteiger partial charge in [-0.3, -0.25) is 0 Å². The number of amides is 1. The molecular weight excluding hydrogens is 320 g/mol. The van der Waals surface area contributed by atoms with E-state index in [1.54, 1.807) is 20.8 Å². The smallest absolute Gasteiger partial charge is 0.444 e. The van der Waals surface area contributed by atoms with Crippen LogP contribution in [0.3, 0.4) is 0 Å². The van der Waals surface area contributed by atoms with Crippen molar-refractivity contribution in [2.75, 3.05) is 6.54 Å². The first-order chi connectivity index (χ1) is 10.1. The monoisotopic (exact) mass is 335 g/mol. The SMILES string of the molecule is CC(C)(C)OC(=O)NCCc1cc2c(cc1Cl)OC(F)(F)O2. The summed E-state index contributed by atoms with van der Waals surface area (Å²) >= 11 is 6.00. The minimum Gasteiger partial charge on any atom is -0.444 e. The van der Waals surface area contributed by atoms with Gasteiger partial charge in [-0.2, -0.15) is 0 Å². The number of alkyl carbamates (subject to hydrolysis) is 1. The fourth-order valence-corrected chi connectivity index (χ4v) is 2.07. The predicted octanol–water partition coefficient (Wildman–Crippen LogP) is 3.73. The largest absolute Gasteiger partial charge is 0.586 e. The second-order valence-electron chi connectivity index (χ2n) is 5.74. The van der Waals surface area contributed by atoms with Crippen molar-refractivity contribution < 1.29 is 27.8 Å². The lowest BCUT2D eigenvalue weighted by molar-refractivity contribution is -0.286. The molecule has 0 atom stereocenters. The molecule has 1 aliphatic heterocycles. The highest BCUT2D eigenvalue weighted by Crippen LogP contribution is 2.43. The third kappa shape index (κ3) is 4.37. The lowest BCUT2D eigenvalue weighted by Crippen LogP contribution is -2.33. The van der Waals surface area contributed by atoms with Crippen molar-refractivity contribution in [1.82, 2.24) is 5.32 Å². The molecule has 0 bridgehead atoms. The lowest BCUT2D eigenvalue weighted by atomic mass is 10.1. The van der Waals surface area contributed by atoms with Gasteiger partial charge in [-0.15, -0.1) is 8.78 Å². The molecule has 0 aromatic heterocycles. The molecule has 0 aliphatic carbocycles. The third-order valence-corrected chi connectivity index (χ3v) is 2.98. The Bertz CT molecular complexity index is 587. The van der Waals surface area contributed by atoms with Gasteiger partial charge < -0.3 is 19.5 Å². The maximum atomic E-state index is 13.0. The van der Waals surface area contributed by atoms with Crippen LogP contribution in [0.15, 0.2) is 12.1 Å². The van der Waals surface area contributed by atoms with Gasteiger partial charge in [-0.05, 0) is 38.8 Å². The van der Waals surface area contributed by atoms with Crippen LogP contribution in [0.5, 0.6) is 11.5 Å². The van der Waals surface area contributed by atoms with Crippen LogP contribution in [0, 0.1) is 0 Å². The summed E-state index contributed by atoms with van der Waals surface area (Å²) in [5, 5.41) is 2.81. The standard InChI is InChI=1S/C14H16ClF2NO4/c1-13(2,3)22-12(19)18-5-4-8-6-10-11(7-9(8)15)21-14(16,17)20-10/h6-7H,4-5H2,1-3H3,(H,18,19). The van der Waals surface area contributed by atoms with Gasteiger partial charge in [0, 0.05) is 17.6 Å². The van der Waals surface area contributed by atoms with Gasteiger partial charge in [0.2, 0.25) is 0 Å². The van der Waals surface area contributed by atoms with Crippen LogP contribution >= 0.6 is 11.6 Å². The van der Waals surface area contributed by atoms with E-state index in [9.17, 15) is 13.6 Å². The summed E-state index contributed by atoms with van der Waals surface area (Å²) in [4.78, 5) is 11.5. The van der Waals surface area contributed by atoms with Crippen LogP contribution < -0.4 is 14.8 Å². The first-order valence-corrected chi connectivity index (χ1v) is 6.99. The van der Waals surface area contributed by atoms with Gasteiger partial charge >= 0.3 is 12.4 Å². The second kappa shape index (κ2) is 5.79. The molecule has 0 saturated carbocycles. The molecule has 1 heterocycles. The highest BCUT2D eigenvalue weighted by Gasteiger charge is 2.43. The van der Waals surface area contributed by atoms with Gasteiger partial charge in [0.05, 0.1) is 0 Å². The summed E-state index contributed by atoms with van der Waals surface area (Å²) < 4.78 is 39.6. The van der Waals surface area contributed by atoms with Crippen LogP contribution in [0.25, 0.3) is 0 Å². The first-order valence-electron chi connectivity index (χ1n) is 6.61. The number of hydrogen-bond acceptors (Lipinski definition) is 4. The van der Waals surface area contributed by atoms with E-state index in [-0.39, 0.29) is 23.1 Å². The van der Waals surface area contributed by atoms with Crippen molar-refractivity contribution in [2.24, 2.45) is 0 Å². The average Bonchev–Trinajstić information content (AvgIpc) is 2.60. The van der Waals surface area contributed by atoms with E-state index in [2.05, 4.69) is 14.8 Å². The van der Waals surface area contributed by atoms with Crippen molar-refractivity contribution in [3.8, 4) is 11.5 Å². The van der Waals surface area contributed by atoms with Gasteiger partial charge in [-0.25, -0.2) is 4.79 Å². The number of hydrogen-bond donors (Lipinski definition) is 1. The molecule has 5 nitrogen and oxygen atoms in total. The molecule has 2 rings (SSSR count). The van der Waals surface area contributed by atoms with Gasteiger partial charge in [0.1, 0.15) is 5.60 Å². The van der Waals surface area contributed by atoms with E-state index in [0.29, 0.717) is 12.0 Å². The maximum Gasteiger partial charge on any atom is 0.586 e. The fraction of sp³-hybridized carbons (Fsp3) is 0.500. The molecule has 1 aliphatic rings. The summed E-state index contributed by atoms with van der Waals surface area (Å²) in [5.41, 5.74) is -0.0377. The van der Waals surface area contributed by atoms with Crippen LogP contribution in [-0.4, -0.2) is 24.5 Å². The molecule has 1 aromatic rings. The minimum absolute atomic E-state index is 0.0818. The Morgan fingerprint density at radius 3 is 2.50 bits per heavy atom. The fourth-order valence-electron chi connectivity index (χ4n) is 1.82. The number of nitrogens with one attached hydrogen (secondary N) is 1. The van der Waals surface area contributed by atoms with Gasteiger partial charge in [-0.1, -0.05) is 11.6 Å². The summed E-state index contributed by atoms with van der Waals surface area (Å²) in [5.74, 6) is -0.194. The highest BCUT2D eigenvalue weighted by atomic mass is 35.5. The van der Waals surface area contributed by atoms with Crippen molar-refractivity contribution >= 4 is 17.7 Å². The number of benzene rings is 1. The number of rotatable bonds is 3. The summed E-state index contributed by atoms with van der Waals surface area (Å²) in [6.07, 6.45) is -3.91. The number of alkyl halides is 2. The predicted molar refractivity (Wildman–Crippen MR) is 75.6 cm³/mol. The molecule has 0 radical (unpaired) electrons. The normalized spacial score (nSPS) is 15.5. The van der Waals surface area contributed by atoms with Crippen molar-refractivity contribution in [2.45, 2.75) is 39.1 Å². The topological polar surface area (TPSA) is 56.8 Å². The van der Waals surface area contributed by atoms with Crippen LogP contribution in [-0.2, 0) is 11.2 Å². The first kappa shape index (κ1) is 16.6. The number of carbonyl (C=O) groups excluding carboxylic acids is 1. The van der Waals surface area contributed by atoms with E-state index in [0.717, 1.165) is 0 Å². The molecule has 0 unspecified atom stereocenters. The van der Waals surface area contributed by atoms with E-state index in [1.165, 1.54) is 12.1 Å². The quantitative estimate of drug-likeness (QED) is 0.914. The molecule has 0 spiro atoms. The van der Waals surface area contributed by atoms with Crippen LogP contribution in [0.1, 0.15) is 26.3 Å². The molecule has 0 saturated heterocycles. The Morgan fingerprint density at radius 1 is 1.32 bits per heavy atom. The van der Waals surface area contributed by atoms with E-state index in [4.69, 9.17) is 16.3 Å². The number of carbonyl (C=O) groups is 1. The number of fused-ring (bicyclic) bond motifs is 1. The molecular formula is C14H16ClF2NO4. The van der Waals surface area contributed by atoms with Crippen LogP contribution in [0.2, 0.25) is 5.02 Å². The zero-order valence-electron chi connectivity index (χ0n) is 12.3. The molecule has 122 valence electrons. The Balaban J connectivity index is 1.94. The zero-order valence-corrected chi connectivity index (χ0v) is 13.1. The molecule has 8 heteroatoms. The summed E-state index contributed by atoms with van der Waals surface area (Å²) in [6.45, 7) is 5.50. The average molecular weight is 336 g/mol. The third-order valence-electron chi connectivity index (χ3n) is 2.63. The maximum absolute atomic E-state index is 13.0. The highest BCUT2D eigenvalue weighted by molar-refractivity contribution is 6.31. The zero-order chi connectivity index (χ0) is 16.5. The Morgan fingerprint density at radius 2 is 1.91 bits per heavy atom. The van der Waals surface area contributed by atoms with Gasteiger partial charge in [0.15, 0.2) is 11.5 Å². The van der Waals surface area contributed by atoms with E-state index >= 15 is 0 Å². The number of ether oxygens (including phenoxy) is 3. The van der Waals surface area contributed by atoms with E-state index in [1.807, 2.05) is 0 Å². The van der Waals surface area contributed by atoms with Crippen molar-refractivity contribution in [1.29, 1.82) is 0 Å². The Kier molecular flexibility index (Phi) is 4.37. The summed E-state index contributed by atoms with van der Waals surface area (Å²) in [7, 11) is 0. The molecule has 1 amide bonds. The minimum atomic E-state index is -3.68. The van der Waals surface area contributed by atoms with Crippen molar-refractivity contribution in [3.63, 3.8) is 0 Å². The lowest BCUT2D eigenvalue weighted by Gasteiger charge is -2.19. The van der Waals surface area contributed by atoms with Crippen molar-refractivity contribution in [3.05, 3.63) is 22.7 Å². The molecule has 1 aromatic carbocycles. The Hall–Kier alpha value is -1.76. The van der Waals surface area contributed by atoms with E-state index < -0.39 is 18.0 Å². The molecule has 0 fully saturated rings. The Labute approximate surface area is 131 Å². The van der Waals surface area contributed by atoms with Crippen LogP contribution in [0.4, 0.5) is 13.6 Å². The second-order valence-corrected chi connectivity index (χ2v) is 6.14. The molecule has 22 heavy (non-hydrogen) atoms. The van der Waals surface area contributed by atoms with Gasteiger partial charge in [0.25, 0.3) is 0 Å².